The molecule has 1 unspecified atom stereocenters. The van der Waals surface area contributed by atoms with Crippen molar-refractivity contribution in [1.82, 2.24) is 5.32 Å². The maximum absolute atomic E-state index is 13.5. The molecule has 4 heteroatoms. The smallest absolute Gasteiger partial charge is 0.123 e. The zero-order valence-corrected chi connectivity index (χ0v) is 13.4. The minimum absolute atomic E-state index is 0.0620. The molecule has 0 aliphatic rings. The van der Waals surface area contributed by atoms with Crippen molar-refractivity contribution in [2.24, 2.45) is 0 Å². The van der Waals surface area contributed by atoms with E-state index in [1.807, 2.05) is 24.3 Å². The van der Waals surface area contributed by atoms with Crippen molar-refractivity contribution in [2.75, 3.05) is 6.54 Å². The molecule has 0 radical (unpaired) electrons. The van der Waals surface area contributed by atoms with Crippen molar-refractivity contribution in [3.05, 3.63) is 69.5 Å². The second-order valence-electron chi connectivity index (χ2n) is 4.97. The molecule has 0 bridgehead atoms. The summed E-state index contributed by atoms with van der Waals surface area (Å²) >= 11 is 12.5. The maximum atomic E-state index is 13.5. The first-order valence-corrected chi connectivity index (χ1v) is 7.79. The van der Waals surface area contributed by atoms with Crippen molar-refractivity contribution in [2.45, 2.75) is 25.8 Å². The molecule has 1 N–H and O–H groups in total. The Morgan fingerprint density at radius 3 is 2.57 bits per heavy atom. The first-order chi connectivity index (χ1) is 10.1. The summed E-state index contributed by atoms with van der Waals surface area (Å²) in [4.78, 5) is 0. The summed E-state index contributed by atoms with van der Waals surface area (Å²) in [5.74, 6) is -0.281. The molecule has 0 aliphatic heterocycles. The molecule has 0 saturated carbocycles. The molecular formula is C17H18Cl2FN. The van der Waals surface area contributed by atoms with Gasteiger partial charge in [0.1, 0.15) is 5.82 Å². The molecule has 21 heavy (non-hydrogen) atoms. The normalized spacial score (nSPS) is 12.4. The second-order valence-corrected chi connectivity index (χ2v) is 5.78. The zero-order valence-electron chi connectivity index (χ0n) is 11.9. The summed E-state index contributed by atoms with van der Waals surface area (Å²) in [7, 11) is 0. The van der Waals surface area contributed by atoms with E-state index in [0.29, 0.717) is 16.5 Å². The summed E-state index contributed by atoms with van der Waals surface area (Å²) in [5.41, 5.74) is 1.79. The largest absolute Gasteiger partial charge is 0.310 e. The summed E-state index contributed by atoms with van der Waals surface area (Å²) in [6, 6.07) is 12.1. The lowest BCUT2D eigenvalue weighted by atomic mass is 9.98. The van der Waals surface area contributed by atoms with Crippen molar-refractivity contribution < 1.29 is 4.39 Å². The van der Waals surface area contributed by atoms with Crippen molar-refractivity contribution >= 4 is 23.2 Å². The van der Waals surface area contributed by atoms with Gasteiger partial charge in [-0.25, -0.2) is 4.39 Å². The van der Waals surface area contributed by atoms with Gasteiger partial charge in [-0.3, -0.25) is 0 Å². The number of hydrogen-bond acceptors (Lipinski definition) is 1. The Morgan fingerprint density at radius 1 is 1.10 bits per heavy atom. The summed E-state index contributed by atoms with van der Waals surface area (Å²) in [6.45, 7) is 2.93. The van der Waals surface area contributed by atoms with Gasteiger partial charge in [0, 0.05) is 16.1 Å². The van der Waals surface area contributed by atoms with Crippen LogP contribution in [0, 0.1) is 5.82 Å². The molecule has 2 rings (SSSR count). The Morgan fingerprint density at radius 2 is 1.86 bits per heavy atom. The molecule has 0 spiro atoms. The van der Waals surface area contributed by atoms with Crippen LogP contribution in [-0.4, -0.2) is 6.54 Å². The van der Waals surface area contributed by atoms with E-state index in [1.165, 1.54) is 12.1 Å². The monoisotopic (exact) mass is 325 g/mol. The Labute approximate surface area is 135 Å². The number of rotatable bonds is 6. The van der Waals surface area contributed by atoms with E-state index in [9.17, 15) is 4.39 Å². The molecule has 0 aliphatic carbocycles. The minimum Gasteiger partial charge on any atom is -0.310 e. The molecule has 2 aromatic carbocycles. The van der Waals surface area contributed by atoms with Gasteiger partial charge in [0.25, 0.3) is 0 Å². The molecule has 0 saturated heterocycles. The van der Waals surface area contributed by atoms with E-state index < -0.39 is 0 Å². The predicted octanol–water partition coefficient (Wildman–Crippen LogP) is 5.42. The standard InChI is InChI=1S/C17H18Cl2FN/c1-2-9-21-17(10-12-5-3-4-6-15(12)18)14-11-13(20)7-8-16(14)19/h3-8,11,17,21H,2,9-10H2,1H3. The van der Waals surface area contributed by atoms with Crippen molar-refractivity contribution in [1.29, 1.82) is 0 Å². The van der Waals surface area contributed by atoms with Crippen LogP contribution in [0.15, 0.2) is 42.5 Å². The van der Waals surface area contributed by atoms with Gasteiger partial charge in [-0.15, -0.1) is 0 Å². The molecule has 0 aromatic heterocycles. The summed E-state index contributed by atoms with van der Waals surface area (Å²) in [6.07, 6.45) is 1.66. The predicted molar refractivity (Wildman–Crippen MR) is 87.6 cm³/mol. The van der Waals surface area contributed by atoms with Gasteiger partial charge in [-0.2, -0.15) is 0 Å². The van der Waals surface area contributed by atoms with Gasteiger partial charge in [0.15, 0.2) is 0 Å². The lowest BCUT2D eigenvalue weighted by Gasteiger charge is -2.21. The quantitative estimate of drug-likeness (QED) is 0.748. The highest BCUT2D eigenvalue weighted by Gasteiger charge is 2.17. The number of nitrogens with one attached hydrogen (secondary N) is 1. The Balaban J connectivity index is 2.30. The Hall–Kier alpha value is -1.09. The third-order valence-electron chi connectivity index (χ3n) is 3.36. The number of benzene rings is 2. The maximum Gasteiger partial charge on any atom is 0.123 e. The zero-order chi connectivity index (χ0) is 15.2. The van der Waals surface area contributed by atoms with E-state index in [2.05, 4.69) is 12.2 Å². The fourth-order valence-electron chi connectivity index (χ4n) is 2.28. The average Bonchev–Trinajstić information content (AvgIpc) is 2.48. The second kappa shape index (κ2) is 7.79. The molecular weight excluding hydrogens is 308 g/mol. The topological polar surface area (TPSA) is 12.0 Å². The van der Waals surface area contributed by atoms with E-state index in [0.717, 1.165) is 24.1 Å². The SMILES string of the molecule is CCCNC(Cc1ccccc1Cl)c1cc(F)ccc1Cl. The van der Waals surface area contributed by atoms with Gasteiger partial charge in [0.05, 0.1) is 0 Å². The fourth-order valence-corrected chi connectivity index (χ4v) is 2.74. The van der Waals surface area contributed by atoms with E-state index in [-0.39, 0.29) is 11.9 Å². The Bertz CT molecular complexity index is 601. The van der Waals surface area contributed by atoms with E-state index >= 15 is 0 Å². The highest BCUT2D eigenvalue weighted by Crippen LogP contribution is 2.28. The van der Waals surface area contributed by atoms with Crippen LogP contribution in [0.4, 0.5) is 4.39 Å². The van der Waals surface area contributed by atoms with Gasteiger partial charge in [-0.05, 0) is 54.8 Å². The third-order valence-corrected chi connectivity index (χ3v) is 4.07. The first kappa shape index (κ1) is 16.3. The van der Waals surface area contributed by atoms with Crippen LogP contribution in [0.1, 0.15) is 30.5 Å². The van der Waals surface area contributed by atoms with Gasteiger partial charge >= 0.3 is 0 Å². The molecule has 0 amide bonds. The van der Waals surface area contributed by atoms with Crippen LogP contribution >= 0.6 is 23.2 Å². The first-order valence-electron chi connectivity index (χ1n) is 7.03. The lowest BCUT2D eigenvalue weighted by Crippen LogP contribution is -2.24. The van der Waals surface area contributed by atoms with Crippen LogP contribution in [0.5, 0.6) is 0 Å². The third kappa shape index (κ3) is 4.44. The number of halogens is 3. The molecule has 0 heterocycles. The van der Waals surface area contributed by atoms with Gasteiger partial charge in [0.2, 0.25) is 0 Å². The minimum atomic E-state index is -0.281. The fraction of sp³-hybridized carbons (Fsp3) is 0.294. The molecule has 1 nitrogen and oxygen atoms in total. The highest BCUT2D eigenvalue weighted by molar-refractivity contribution is 6.31. The Kier molecular flexibility index (Phi) is 6.04. The van der Waals surface area contributed by atoms with Gasteiger partial charge in [-0.1, -0.05) is 48.3 Å². The highest BCUT2D eigenvalue weighted by atomic mass is 35.5. The van der Waals surface area contributed by atoms with Crippen molar-refractivity contribution in [3.8, 4) is 0 Å². The summed E-state index contributed by atoms with van der Waals surface area (Å²) in [5, 5.41) is 4.70. The van der Waals surface area contributed by atoms with Gasteiger partial charge < -0.3 is 5.32 Å². The molecule has 112 valence electrons. The molecule has 1 atom stereocenters. The lowest BCUT2D eigenvalue weighted by molar-refractivity contribution is 0.524. The number of hydrogen-bond donors (Lipinski definition) is 1. The average molecular weight is 326 g/mol. The van der Waals surface area contributed by atoms with Crippen LogP contribution < -0.4 is 5.32 Å². The van der Waals surface area contributed by atoms with Crippen LogP contribution in [-0.2, 0) is 6.42 Å². The van der Waals surface area contributed by atoms with E-state index in [4.69, 9.17) is 23.2 Å². The van der Waals surface area contributed by atoms with Crippen LogP contribution in [0.2, 0.25) is 10.0 Å². The van der Waals surface area contributed by atoms with E-state index in [1.54, 1.807) is 6.07 Å². The van der Waals surface area contributed by atoms with Crippen LogP contribution in [0.3, 0.4) is 0 Å². The molecule has 0 fully saturated rings. The van der Waals surface area contributed by atoms with Crippen molar-refractivity contribution in [3.63, 3.8) is 0 Å². The van der Waals surface area contributed by atoms with Crippen LogP contribution in [0.25, 0.3) is 0 Å². The molecule has 2 aromatic rings. The summed E-state index contributed by atoms with van der Waals surface area (Å²) < 4.78 is 13.5.